The third kappa shape index (κ3) is 3.18. The summed E-state index contributed by atoms with van der Waals surface area (Å²) in [5.41, 5.74) is 5.34. The average Bonchev–Trinajstić information content (AvgIpc) is 2.02. The summed E-state index contributed by atoms with van der Waals surface area (Å²) in [6.45, 7) is 3.86. The van der Waals surface area contributed by atoms with Crippen LogP contribution in [-0.2, 0) is 9.59 Å². The summed E-state index contributed by atoms with van der Waals surface area (Å²) < 4.78 is 0. The van der Waals surface area contributed by atoms with Crippen LogP contribution in [0.4, 0.5) is 0 Å². The van der Waals surface area contributed by atoms with E-state index < -0.39 is 11.6 Å². The summed E-state index contributed by atoms with van der Waals surface area (Å²) in [6, 6.07) is 0. The quantitative estimate of drug-likeness (QED) is 0.472. The van der Waals surface area contributed by atoms with Crippen LogP contribution in [0.2, 0.25) is 0 Å². The molecule has 0 fully saturated rings. The molecule has 0 aromatic rings. The van der Waals surface area contributed by atoms with E-state index in [0.29, 0.717) is 0 Å². The van der Waals surface area contributed by atoms with Crippen LogP contribution in [0.25, 0.3) is 0 Å². The highest BCUT2D eigenvalue weighted by Gasteiger charge is 2.10. The SMILES string of the molecule is CCN(C)/C=C(\N)C(=O)C(C)=O. The molecule has 2 N–H and O–H groups in total. The van der Waals surface area contributed by atoms with Crippen molar-refractivity contribution < 1.29 is 9.59 Å². The lowest BCUT2D eigenvalue weighted by Crippen LogP contribution is -2.22. The number of hydrogen-bond donors (Lipinski definition) is 1. The van der Waals surface area contributed by atoms with Crippen LogP contribution >= 0.6 is 0 Å². The Morgan fingerprint density at radius 1 is 1.50 bits per heavy atom. The Morgan fingerprint density at radius 3 is 2.33 bits per heavy atom. The molecule has 0 saturated carbocycles. The van der Waals surface area contributed by atoms with E-state index in [1.54, 1.807) is 11.9 Å². The van der Waals surface area contributed by atoms with Crippen LogP contribution in [0.1, 0.15) is 13.8 Å². The predicted molar refractivity (Wildman–Crippen MR) is 46.3 cm³/mol. The van der Waals surface area contributed by atoms with Crippen molar-refractivity contribution in [2.45, 2.75) is 13.8 Å². The standard InChI is InChI=1S/C8H14N2O2/c1-4-10(3)5-7(9)8(12)6(2)11/h5H,4,9H2,1-3H3/b7-5-. The average molecular weight is 170 g/mol. The van der Waals surface area contributed by atoms with Gasteiger partial charge in [0.25, 0.3) is 0 Å². The van der Waals surface area contributed by atoms with Crippen LogP contribution in [0.5, 0.6) is 0 Å². The Morgan fingerprint density at radius 2 is 2.00 bits per heavy atom. The van der Waals surface area contributed by atoms with E-state index in [1.165, 1.54) is 13.1 Å². The topological polar surface area (TPSA) is 63.4 Å². The lowest BCUT2D eigenvalue weighted by Gasteiger charge is -2.10. The van der Waals surface area contributed by atoms with E-state index in [2.05, 4.69) is 0 Å². The number of Topliss-reactive ketones (excluding diaryl/α,β-unsaturated/α-hetero) is 2. The zero-order valence-electron chi connectivity index (χ0n) is 7.63. The van der Waals surface area contributed by atoms with Crippen molar-refractivity contribution in [3.63, 3.8) is 0 Å². The van der Waals surface area contributed by atoms with Gasteiger partial charge >= 0.3 is 0 Å². The smallest absolute Gasteiger partial charge is 0.245 e. The van der Waals surface area contributed by atoms with E-state index in [-0.39, 0.29) is 5.70 Å². The van der Waals surface area contributed by atoms with Crippen LogP contribution in [0.3, 0.4) is 0 Å². The highest BCUT2D eigenvalue weighted by molar-refractivity contribution is 6.42. The van der Waals surface area contributed by atoms with E-state index in [4.69, 9.17) is 5.73 Å². The summed E-state index contributed by atoms with van der Waals surface area (Å²) in [5, 5.41) is 0. The normalized spacial score (nSPS) is 11.1. The van der Waals surface area contributed by atoms with Crippen molar-refractivity contribution >= 4 is 11.6 Å². The number of carbonyl (C=O) groups is 2. The van der Waals surface area contributed by atoms with E-state index >= 15 is 0 Å². The van der Waals surface area contributed by atoms with Gasteiger partial charge in [-0.2, -0.15) is 0 Å². The molecule has 0 bridgehead atoms. The molecule has 0 heterocycles. The largest absolute Gasteiger partial charge is 0.394 e. The maximum Gasteiger partial charge on any atom is 0.245 e. The number of allylic oxidation sites excluding steroid dienone is 1. The number of nitrogens with two attached hydrogens (primary N) is 1. The van der Waals surface area contributed by atoms with Gasteiger partial charge < -0.3 is 10.6 Å². The Bertz CT molecular complexity index is 221. The fourth-order valence-corrected chi connectivity index (χ4v) is 0.591. The summed E-state index contributed by atoms with van der Waals surface area (Å²) in [6.07, 6.45) is 1.46. The first kappa shape index (κ1) is 10.7. The number of nitrogens with zero attached hydrogens (tertiary/aromatic N) is 1. The summed E-state index contributed by atoms with van der Waals surface area (Å²) in [4.78, 5) is 23.2. The molecule has 0 unspecified atom stereocenters. The Balaban J connectivity index is 4.37. The number of ketones is 2. The second-order valence-electron chi connectivity index (χ2n) is 2.54. The molecule has 0 rings (SSSR count). The van der Waals surface area contributed by atoms with Gasteiger partial charge in [-0.05, 0) is 6.92 Å². The molecule has 0 aromatic heterocycles. The number of carbonyl (C=O) groups excluding carboxylic acids is 2. The van der Waals surface area contributed by atoms with E-state index in [1.807, 2.05) is 6.92 Å². The number of rotatable bonds is 4. The monoisotopic (exact) mass is 170 g/mol. The lowest BCUT2D eigenvalue weighted by molar-refractivity contribution is -0.133. The van der Waals surface area contributed by atoms with Crippen molar-refractivity contribution in [3.05, 3.63) is 11.9 Å². The molecule has 4 heteroatoms. The second kappa shape index (κ2) is 4.54. The Hall–Kier alpha value is -1.32. The van der Waals surface area contributed by atoms with Gasteiger partial charge in [-0.25, -0.2) is 0 Å². The van der Waals surface area contributed by atoms with Gasteiger partial charge in [0, 0.05) is 26.7 Å². The van der Waals surface area contributed by atoms with Gasteiger partial charge in [-0.3, -0.25) is 9.59 Å². The maximum atomic E-state index is 10.9. The molecule has 0 spiro atoms. The molecule has 0 aliphatic rings. The fourth-order valence-electron chi connectivity index (χ4n) is 0.591. The molecule has 0 atom stereocenters. The van der Waals surface area contributed by atoms with Crippen LogP contribution < -0.4 is 5.73 Å². The molecule has 68 valence electrons. The first-order valence-electron chi connectivity index (χ1n) is 3.71. The summed E-state index contributed by atoms with van der Waals surface area (Å²) in [5.74, 6) is -1.16. The van der Waals surface area contributed by atoms with Gasteiger partial charge in [0.2, 0.25) is 11.6 Å². The summed E-state index contributed by atoms with van der Waals surface area (Å²) in [7, 11) is 1.78. The van der Waals surface area contributed by atoms with Crippen molar-refractivity contribution in [1.29, 1.82) is 0 Å². The predicted octanol–water partition coefficient (Wildman–Crippen LogP) is -0.104. The molecule has 12 heavy (non-hydrogen) atoms. The molecule has 0 radical (unpaired) electrons. The fraction of sp³-hybridized carbons (Fsp3) is 0.500. The highest BCUT2D eigenvalue weighted by Crippen LogP contribution is 1.91. The van der Waals surface area contributed by atoms with Crippen molar-refractivity contribution in [2.75, 3.05) is 13.6 Å². The van der Waals surface area contributed by atoms with Gasteiger partial charge in [-0.1, -0.05) is 0 Å². The second-order valence-corrected chi connectivity index (χ2v) is 2.54. The van der Waals surface area contributed by atoms with Gasteiger partial charge in [0.1, 0.15) is 0 Å². The van der Waals surface area contributed by atoms with Crippen LogP contribution in [-0.4, -0.2) is 30.1 Å². The van der Waals surface area contributed by atoms with Crippen molar-refractivity contribution in [3.8, 4) is 0 Å². The maximum absolute atomic E-state index is 10.9. The minimum absolute atomic E-state index is 0.00755. The molecular formula is C8H14N2O2. The minimum atomic E-state index is -0.629. The molecular weight excluding hydrogens is 156 g/mol. The first-order valence-corrected chi connectivity index (χ1v) is 3.71. The van der Waals surface area contributed by atoms with Crippen molar-refractivity contribution in [2.24, 2.45) is 5.73 Å². The van der Waals surface area contributed by atoms with Crippen molar-refractivity contribution in [1.82, 2.24) is 4.90 Å². The molecule has 0 aliphatic carbocycles. The van der Waals surface area contributed by atoms with E-state index in [0.717, 1.165) is 6.54 Å². The molecule has 0 aromatic carbocycles. The third-order valence-corrected chi connectivity index (χ3v) is 1.44. The lowest BCUT2D eigenvalue weighted by atomic mass is 10.2. The van der Waals surface area contributed by atoms with E-state index in [9.17, 15) is 9.59 Å². The molecule has 4 nitrogen and oxygen atoms in total. The van der Waals surface area contributed by atoms with Gasteiger partial charge in [0.15, 0.2) is 0 Å². The third-order valence-electron chi connectivity index (χ3n) is 1.44. The molecule has 0 aliphatic heterocycles. The Labute approximate surface area is 72.0 Å². The number of hydrogen-bond acceptors (Lipinski definition) is 4. The molecule has 0 saturated heterocycles. The summed E-state index contributed by atoms with van der Waals surface area (Å²) >= 11 is 0. The Kier molecular flexibility index (Phi) is 4.04. The van der Waals surface area contributed by atoms with Gasteiger partial charge in [0.05, 0.1) is 5.70 Å². The first-order chi connectivity index (χ1) is 5.49. The minimum Gasteiger partial charge on any atom is -0.394 e. The van der Waals surface area contributed by atoms with Crippen LogP contribution in [0, 0.1) is 0 Å². The zero-order chi connectivity index (χ0) is 9.72. The zero-order valence-corrected chi connectivity index (χ0v) is 7.63. The van der Waals surface area contributed by atoms with Crippen LogP contribution in [0.15, 0.2) is 11.9 Å². The van der Waals surface area contributed by atoms with Gasteiger partial charge in [-0.15, -0.1) is 0 Å². The molecule has 0 amide bonds. The highest BCUT2D eigenvalue weighted by atomic mass is 16.2.